The third kappa shape index (κ3) is 4.88. The zero-order chi connectivity index (χ0) is 12.9. The Bertz CT molecular complexity index is 366. The minimum absolute atomic E-state index is 0.0825. The molecule has 0 aliphatic rings. The fourth-order valence-electron chi connectivity index (χ4n) is 1.41. The molecule has 96 valence electrons. The van der Waals surface area contributed by atoms with Crippen LogP contribution in [0.1, 0.15) is 36.9 Å². The quantitative estimate of drug-likeness (QED) is 0.791. The molecule has 3 nitrogen and oxygen atoms in total. The fourth-order valence-corrected chi connectivity index (χ4v) is 2.45. The number of hydrogen-bond donors (Lipinski definition) is 2. The second-order valence-corrected chi connectivity index (χ2v) is 6.28. The van der Waals surface area contributed by atoms with E-state index in [1.54, 1.807) is 7.05 Å². The highest BCUT2D eigenvalue weighted by Crippen LogP contribution is 2.29. The number of carbonyl (C=O) groups excluding carboxylic acids is 1. The van der Waals surface area contributed by atoms with Gasteiger partial charge in [0.1, 0.15) is 0 Å². The standard InChI is InChI=1S/C13H22N2OS/c1-13(2,3)11-6-5-10(17-11)9-15-8-7-12(16)14-4/h5-6,15H,7-9H2,1-4H3,(H,14,16). The van der Waals surface area contributed by atoms with Crippen LogP contribution in [0.4, 0.5) is 0 Å². The third-order valence-corrected chi connectivity index (χ3v) is 4.02. The lowest BCUT2D eigenvalue weighted by atomic mass is 9.95. The van der Waals surface area contributed by atoms with E-state index < -0.39 is 0 Å². The van der Waals surface area contributed by atoms with Crippen LogP contribution in [0.15, 0.2) is 12.1 Å². The maximum Gasteiger partial charge on any atom is 0.221 e. The SMILES string of the molecule is CNC(=O)CCNCc1ccc(C(C)(C)C)s1. The summed E-state index contributed by atoms with van der Waals surface area (Å²) in [6.07, 6.45) is 0.536. The molecule has 1 rings (SSSR count). The summed E-state index contributed by atoms with van der Waals surface area (Å²) in [5.41, 5.74) is 0.227. The normalized spacial score (nSPS) is 11.5. The molecule has 1 aromatic heterocycles. The minimum atomic E-state index is 0.0825. The topological polar surface area (TPSA) is 41.1 Å². The van der Waals surface area contributed by atoms with E-state index in [0.29, 0.717) is 6.42 Å². The van der Waals surface area contributed by atoms with Gasteiger partial charge in [0.2, 0.25) is 5.91 Å². The number of amides is 1. The first-order valence-corrected chi connectivity index (χ1v) is 6.75. The van der Waals surface area contributed by atoms with Crippen molar-refractivity contribution in [2.45, 2.75) is 39.2 Å². The predicted molar refractivity (Wildman–Crippen MR) is 73.4 cm³/mol. The third-order valence-electron chi connectivity index (χ3n) is 2.51. The second-order valence-electron chi connectivity index (χ2n) is 5.12. The maximum absolute atomic E-state index is 11.0. The molecule has 0 fully saturated rings. The highest BCUT2D eigenvalue weighted by molar-refractivity contribution is 7.12. The molecule has 4 heteroatoms. The lowest BCUT2D eigenvalue weighted by Gasteiger charge is -2.15. The highest BCUT2D eigenvalue weighted by atomic mass is 32.1. The molecule has 1 heterocycles. The molecule has 0 bridgehead atoms. The number of thiophene rings is 1. The number of nitrogens with one attached hydrogen (secondary N) is 2. The van der Waals surface area contributed by atoms with Crippen LogP contribution in [0.5, 0.6) is 0 Å². The Hall–Kier alpha value is -0.870. The van der Waals surface area contributed by atoms with Crippen LogP contribution in [0.25, 0.3) is 0 Å². The summed E-state index contributed by atoms with van der Waals surface area (Å²) in [6, 6.07) is 4.36. The summed E-state index contributed by atoms with van der Waals surface area (Å²) in [7, 11) is 1.66. The summed E-state index contributed by atoms with van der Waals surface area (Å²) < 4.78 is 0. The molecular formula is C13H22N2OS. The van der Waals surface area contributed by atoms with E-state index in [1.165, 1.54) is 9.75 Å². The van der Waals surface area contributed by atoms with Gasteiger partial charge in [0.15, 0.2) is 0 Å². The van der Waals surface area contributed by atoms with Crippen molar-refractivity contribution in [1.29, 1.82) is 0 Å². The van der Waals surface area contributed by atoms with Crippen LogP contribution in [0.3, 0.4) is 0 Å². The van der Waals surface area contributed by atoms with Gasteiger partial charge < -0.3 is 10.6 Å². The van der Waals surface area contributed by atoms with Crippen molar-refractivity contribution in [2.75, 3.05) is 13.6 Å². The monoisotopic (exact) mass is 254 g/mol. The highest BCUT2D eigenvalue weighted by Gasteiger charge is 2.15. The molecular weight excluding hydrogens is 232 g/mol. The molecule has 1 aromatic rings. The molecule has 2 N–H and O–H groups in total. The Morgan fingerprint density at radius 2 is 2.06 bits per heavy atom. The minimum Gasteiger partial charge on any atom is -0.359 e. The molecule has 1 amide bonds. The van der Waals surface area contributed by atoms with E-state index in [1.807, 2.05) is 11.3 Å². The summed E-state index contributed by atoms with van der Waals surface area (Å²) >= 11 is 1.84. The van der Waals surface area contributed by atoms with Gasteiger partial charge >= 0.3 is 0 Å². The molecule has 0 aliphatic carbocycles. The van der Waals surface area contributed by atoms with Crippen LogP contribution in [-0.2, 0) is 16.8 Å². The van der Waals surface area contributed by atoms with Crippen molar-refractivity contribution in [3.8, 4) is 0 Å². The van der Waals surface area contributed by atoms with Crippen molar-refractivity contribution in [3.05, 3.63) is 21.9 Å². The summed E-state index contributed by atoms with van der Waals surface area (Å²) in [4.78, 5) is 13.7. The molecule has 0 atom stereocenters. The Kier molecular flexibility index (Phi) is 5.15. The van der Waals surface area contributed by atoms with E-state index in [-0.39, 0.29) is 11.3 Å². The molecule has 0 aromatic carbocycles. The Labute approximate surface area is 108 Å². The van der Waals surface area contributed by atoms with Crippen molar-refractivity contribution >= 4 is 17.2 Å². The summed E-state index contributed by atoms with van der Waals surface area (Å²) in [6.45, 7) is 8.24. The zero-order valence-corrected chi connectivity index (χ0v) is 11.9. The van der Waals surface area contributed by atoms with Gasteiger partial charge in [-0.25, -0.2) is 0 Å². The van der Waals surface area contributed by atoms with Gasteiger partial charge in [0.25, 0.3) is 0 Å². The molecule has 0 unspecified atom stereocenters. The van der Waals surface area contributed by atoms with Gasteiger partial charge in [-0.15, -0.1) is 11.3 Å². The molecule has 0 aliphatic heterocycles. The van der Waals surface area contributed by atoms with Gasteiger partial charge in [-0.05, 0) is 17.5 Å². The Morgan fingerprint density at radius 1 is 1.35 bits per heavy atom. The maximum atomic E-state index is 11.0. The smallest absolute Gasteiger partial charge is 0.221 e. The van der Waals surface area contributed by atoms with Crippen molar-refractivity contribution in [2.24, 2.45) is 0 Å². The molecule has 0 spiro atoms. The van der Waals surface area contributed by atoms with Crippen LogP contribution in [0, 0.1) is 0 Å². The van der Waals surface area contributed by atoms with Crippen LogP contribution in [0.2, 0.25) is 0 Å². The van der Waals surface area contributed by atoms with Crippen LogP contribution in [-0.4, -0.2) is 19.5 Å². The van der Waals surface area contributed by atoms with Gasteiger partial charge in [-0.1, -0.05) is 20.8 Å². The zero-order valence-electron chi connectivity index (χ0n) is 11.1. The van der Waals surface area contributed by atoms with E-state index in [4.69, 9.17) is 0 Å². The van der Waals surface area contributed by atoms with Gasteiger partial charge in [0.05, 0.1) is 0 Å². The number of rotatable bonds is 5. The predicted octanol–water partition coefficient (Wildman–Crippen LogP) is 2.27. The molecule has 0 radical (unpaired) electrons. The Balaban J connectivity index is 2.33. The molecule has 0 saturated heterocycles. The van der Waals surface area contributed by atoms with Crippen molar-refractivity contribution in [3.63, 3.8) is 0 Å². The Morgan fingerprint density at radius 3 is 2.59 bits per heavy atom. The number of carbonyl (C=O) groups is 1. The lowest BCUT2D eigenvalue weighted by Crippen LogP contribution is -2.24. The summed E-state index contributed by atoms with van der Waals surface area (Å²) in [5, 5.41) is 5.89. The largest absolute Gasteiger partial charge is 0.359 e. The van der Waals surface area contributed by atoms with E-state index >= 15 is 0 Å². The number of hydrogen-bond acceptors (Lipinski definition) is 3. The molecule has 17 heavy (non-hydrogen) atoms. The van der Waals surface area contributed by atoms with E-state index in [9.17, 15) is 4.79 Å². The van der Waals surface area contributed by atoms with E-state index in [0.717, 1.165) is 13.1 Å². The first kappa shape index (κ1) is 14.2. The average Bonchev–Trinajstić information content (AvgIpc) is 2.72. The average molecular weight is 254 g/mol. The summed E-state index contributed by atoms with van der Waals surface area (Å²) in [5.74, 6) is 0.0825. The van der Waals surface area contributed by atoms with Gasteiger partial charge in [-0.2, -0.15) is 0 Å². The second kappa shape index (κ2) is 6.17. The first-order chi connectivity index (χ1) is 7.93. The van der Waals surface area contributed by atoms with Gasteiger partial charge in [-0.3, -0.25) is 4.79 Å². The first-order valence-electron chi connectivity index (χ1n) is 5.94. The fraction of sp³-hybridized carbons (Fsp3) is 0.615. The van der Waals surface area contributed by atoms with Crippen LogP contribution < -0.4 is 10.6 Å². The van der Waals surface area contributed by atoms with Crippen LogP contribution >= 0.6 is 11.3 Å². The van der Waals surface area contributed by atoms with E-state index in [2.05, 4.69) is 43.5 Å². The van der Waals surface area contributed by atoms with Crippen molar-refractivity contribution < 1.29 is 4.79 Å². The lowest BCUT2D eigenvalue weighted by molar-refractivity contribution is -0.120. The van der Waals surface area contributed by atoms with Crippen molar-refractivity contribution in [1.82, 2.24) is 10.6 Å². The van der Waals surface area contributed by atoms with Gasteiger partial charge in [0, 0.05) is 36.3 Å². The molecule has 0 saturated carbocycles.